The number of benzene rings is 1. The van der Waals surface area contributed by atoms with Gasteiger partial charge >= 0.3 is 0 Å². The van der Waals surface area contributed by atoms with E-state index in [0.29, 0.717) is 18.5 Å². The van der Waals surface area contributed by atoms with Crippen LogP contribution in [-0.4, -0.2) is 19.2 Å². The number of amidine groups is 1. The Morgan fingerprint density at radius 1 is 1.39 bits per heavy atom. The summed E-state index contributed by atoms with van der Waals surface area (Å²) >= 11 is 0. The average molecular weight is 244 g/mol. The molecule has 0 spiro atoms. The van der Waals surface area contributed by atoms with E-state index in [1.165, 1.54) is 35.2 Å². The highest BCUT2D eigenvalue weighted by molar-refractivity contribution is 5.91. The Kier molecular flexibility index (Phi) is 2.98. The summed E-state index contributed by atoms with van der Waals surface area (Å²) in [5, 5.41) is 3.36. The molecule has 0 fully saturated rings. The SMILES string of the molecule is Cc1cc(NC2=NCCO2)c2c(c1)C(C)CCC2. The van der Waals surface area contributed by atoms with Gasteiger partial charge in [-0.1, -0.05) is 13.0 Å². The van der Waals surface area contributed by atoms with Gasteiger partial charge in [-0.3, -0.25) is 0 Å². The number of fused-ring (bicyclic) bond motifs is 1. The molecule has 3 nitrogen and oxygen atoms in total. The Hall–Kier alpha value is -1.51. The standard InChI is InChI=1S/C15H20N2O/c1-10-8-13-11(2)4-3-5-12(13)14(9-10)17-15-16-6-7-18-15/h8-9,11H,3-7H2,1-2H3,(H,16,17). The lowest BCUT2D eigenvalue weighted by atomic mass is 9.82. The van der Waals surface area contributed by atoms with Crippen LogP contribution in [0.15, 0.2) is 17.1 Å². The van der Waals surface area contributed by atoms with Gasteiger partial charge in [0.2, 0.25) is 0 Å². The van der Waals surface area contributed by atoms with Crippen molar-refractivity contribution in [1.82, 2.24) is 0 Å². The molecule has 0 saturated heterocycles. The van der Waals surface area contributed by atoms with Gasteiger partial charge in [0.15, 0.2) is 0 Å². The first-order valence-corrected chi connectivity index (χ1v) is 6.82. The Morgan fingerprint density at radius 3 is 3.06 bits per heavy atom. The second-order valence-corrected chi connectivity index (χ2v) is 5.33. The molecule has 3 rings (SSSR count). The second-order valence-electron chi connectivity index (χ2n) is 5.33. The maximum absolute atomic E-state index is 5.45. The molecule has 1 aromatic carbocycles. The maximum Gasteiger partial charge on any atom is 0.289 e. The van der Waals surface area contributed by atoms with E-state index in [-0.39, 0.29) is 0 Å². The molecule has 1 atom stereocenters. The first-order chi connectivity index (χ1) is 8.74. The van der Waals surface area contributed by atoms with Gasteiger partial charge in [0.25, 0.3) is 6.02 Å². The topological polar surface area (TPSA) is 33.6 Å². The van der Waals surface area contributed by atoms with Crippen molar-refractivity contribution in [3.8, 4) is 0 Å². The number of hydrogen-bond acceptors (Lipinski definition) is 3. The molecule has 0 amide bonds. The smallest absolute Gasteiger partial charge is 0.289 e. The quantitative estimate of drug-likeness (QED) is 0.822. The largest absolute Gasteiger partial charge is 0.463 e. The van der Waals surface area contributed by atoms with Gasteiger partial charge in [-0.2, -0.15) is 0 Å². The highest BCUT2D eigenvalue weighted by atomic mass is 16.5. The minimum Gasteiger partial charge on any atom is -0.463 e. The van der Waals surface area contributed by atoms with Crippen molar-refractivity contribution in [2.24, 2.45) is 4.99 Å². The summed E-state index contributed by atoms with van der Waals surface area (Å²) in [4.78, 5) is 4.31. The zero-order valence-corrected chi connectivity index (χ0v) is 11.1. The molecular weight excluding hydrogens is 224 g/mol. The average Bonchev–Trinajstić information content (AvgIpc) is 2.83. The molecule has 1 N–H and O–H groups in total. The lowest BCUT2D eigenvalue weighted by molar-refractivity contribution is 0.346. The van der Waals surface area contributed by atoms with E-state index in [1.807, 2.05) is 0 Å². The molecule has 1 aromatic rings. The van der Waals surface area contributed by atoms with Gasteiger partial charge in [0, 0.05) is 5.69 Å². The van der Waals surface area contributed by atoms with Crippen molar-refractivity contribution in [2.45, 2.75) is 39.0 Å². The summed E-state index contributed by atoms with van der Waals surface area (Å²) in [5.74, 6) is 0.667. The zero-order valence-electron chi connectivity index (χ0n) is 11.1. The Morgan fingerprint density at radius 2 is 2.28 bits per heavy atom. The van der Waals surface area contributed by atoms with Gasteiger partial charge in [-0.15, -0.1) is 0 Å². The number of aryl methyl sites for hydroxylation is 1. The van der Waals surface area contributed by atoms with Crippen molar-refractivity contribution in [3.63, 3.8) is 0 Å². The fraction of sp³-hybridized carbons (Fsp3) is 0.533. The van der Waals surface area contributed by atoms with Crippen LogP contribution in [0.3, 0.4) is 0 Å². The first kappa shape index (κ1) is 11.6. The number of ether oxygens (including phenoxy) is 1. The van der Waals surface area contributed by atoms with Crippen LogP contribution < -0.4 is 5.32 Å². The molecular formula is C15H20N2O. The molecule has 96 valence electrons. The fourth-order valence-corrected chi connectivity index (χ4v) is 2.94. The lowest BCUT2D eigenvalue weighted by Gasteiger charge is -2.25. The molecule has 0 aromatic heterocycles. The highest BCUT2D eigenvalue weighted by Crippen LogP contribution is 2.36. The van der Waals surface area contributed by atoms with Crippen LogP contribution in [0.1, 0.15) is 42.4 Å². The summed E-state index contributed by atoms with van der Waals surface area (Å²) < 4.78 is 5.45. The molecule has 0 bridgehead atoms. The maximum atomic E-state index is 5.45. The third-order valence-electron chi connectivity index (χ3n) is 3.85. The van der Waals surface area contributed by atoms with E-state index in [1.54, 1.807) is 0 Å². The molecule has 0 radical (unpaired) electrons. The summed E-state index contributed by atoms with van der Waals surface area (Å²) in [6.45, 7) is 5.95. The molecule has 1 aliphatic heterocycles. The van der Waals surface area contributed by atoms with E-state index in [4.69, 9.17) is 4.74 Å². The van der Waals surface area contributed by atoms with E-state index in [9.17, 15) is 0 Å². The molecule has 2 aliphatic rings. The number of rotatable bonds is 1. The number of hydrogen-bond donors (Lipinski definition) is 1. The summed E-state index contributed by atoms with van der Waals surface area (Å²) in [7, 11) is 0. The Labute approximate surface area is 108 Å². The normalized spacial score (nSPS) is 22.1. The number of anilines is 1. The lowest BCUT2D eigenvalue weighted by Crippen LogP contribution is -2.16. The third-order valence-corrected chi connectivity index (χ3v) is 3.85. The molecule has 0 saturated carbocycles. The minimum atomic E-state index is 0.667. The van der Waals surface area contributed by atoms with Crippen molar-refractivity contribution in [2.75, 3.05) is 18.5 Å². The predicted octanol–water partition coefficient (Wildman–Crippen LogP) is 3.23. The highest BCUT2D eigenvalue weighted by Gasteiger charge is 2.20. The molecule has 1 unspecified atom stereocenters. The van der Waals surface area contributed by atoms with Gasteiger partial charge < -0.3 is 10.1 Å². The minimum absolute atomic E-state index is 0.667. The van der Waals surface area contributed by atoms with Crippen molar-refractivity contribution < 1.29 is 4.74 Å². The van der Waals surface area contributed by atoms with Crippen LogP contribution in [0.25, 0.3) is 0 Å². The summed E-state index contributed by atoms with van der Waals surface area (Å²) in [6, 6.07) is 5.23. The third kappa shape index (κ3) is 2.09. The van der Waals surface area contributed by atoms with Crippen molar-refractivity contribution in [3.05, 3.63) is 28.8 Å². The summed E-state index contributed by atoms with van der Waals surface area (Å²) in [6.07, 6.45) is 3.74. The van der Waals surface area contributed by atoms with E-state index in [2.05, 4.69) is 36.3 Å². The first-order valence-electron chi connectivity index (χ1n) is 6.82. The predicted molar refractivity (Wildman–Crippen MR) is 74.4 cm³/mol. The molecule has 3 heteroatoms. The van der Waals surface area contributed by atoms with E-state index in [0.717, 1.165) is 13.0 Å². The van der Waals surface area contributed by atoms with Crippen LogP contribution in [0.4, 0.5) is 5.69 Å². The van der Waals surface area contributed by atoms with E-state index < -0.39 is 0 Å². The van der Waals surface area contributed by atoms with Gasteiger partial charge in [-0.05, 0) is 54.9 Å². The number of nitrogens with one attached hydrogen (secondary N) is 1. The van der Waals surface area contributed by atoms with Crippen LogP contribution in [-0.2, 0) is 11.2 Å². The van der Waals surface area contributed by atoms with Gasteiger partial charge in [0.1, 0.15) is 6.61 Å². The molecule has 1 aliphatic carbocycles. The van der Waals surface area contributed by atoms with Gasteiger partial charge in [-0.25, -0.2) is 4.99 Å². The van der Waals surface area contributed by atoms with Gasteiger partial charge in [0.05, 0.1) is 6.54 Å². The van der Waals surface area contributed by atoms with Crippen LogP contribution in [0, 0.1) is 6.92 Å². The zero-order chi connectivity index (χ0) is 12.5. The Balaban J connectivity index is 1.97. The van der Waals surface area contributed by atoms with E-state index >= 15 is 0 Å². The molecule has 18 heavy (non-hydrogen) atoms. The van der Waals surface area contributed by atoms with Crippen molar-refractivity contribution >= 4 is 11.7 Å². The second kappa shape index (κ2) is 4.63. The Bertz CT molecular complexity index is 494. The van der Waals surface area contributed by atoms with Crippen LogP contribution >= 0.6 is 0 Å². The monoisotopic (exact) mass is 244 g/mol. The van der Waals surface area contributed by atoms with Crippen LogP contribution in [0.5, 0.6) is 0 Å². The van der Waals surface area contributed by atoms with Crippen LogP contribution in [0.2, 0.25) is 0 Å². The number of aliphatic imine (C=N–C) groups is 1. The van der Waals surface area contributed by atoms with Crippen molar-refractivity contribution in [1.29, 1.82) is 0 Å². The summed E-state index contributed by atoms with van der Waals surface area (Å²) in [5.41, 5.74) is 5.46. The number of nitrogens with zero attached hydrogens (tertiary/aromatic N) is 1. The molecule has 1 heterocycles. The fourth-order valence-electron chi connectivity index (χ4n) is 2.94.